The fourth-order valence-electron chi connectivity index (χ4n) is 5.61. The van der Waals surface area contributed by atoms with Gasteiger partial charge in [0.15, 0.2) is 5.65 Å². The van der Waals surface area contributed by atoms with Crippen LogP contribution in [0.2, 0.25) is 0 Å². The number of carbonyl (C=O) groups is 1. The molecular formula is C34H41N7O4S. The van der Waals surface area contributed by atoms with Crippen molar-refractivity contribution >= 4 is 33.0 Å². The van der Waals surface area contributed by atoms with E-state index in [4.69, 9.17) is 14.5 Å². The normalized spacial score (nSPS) is 11.8. The summed E-state index contributed by atoms with van der Waals surface area (Å²) < 4.78 is 37.5. The molecule has 1 amide bonds. The molecule has 0 unspecified atom stereocenters. The maximum atomic E-state index is 13.8. The number of nitrogens with zero attached hydrogens (tertiary/aromatic N) is 5. The smallest absolute Gasteiger partial charge is 0.264 e. The van der Waals surface area contributed by atoms with Crippen molar-refractivity contribution in [1.29, 1.82) is 0 Å². The van der Waals surface area contributed by atoms with E-state index in [2.05, 4.69) is 44.6 Å². The number of imidazole rings is 1. The topological polar surface area (TPSA) is 135 Å². The van der Waals surface area contributed by atoms with E-state index in [1.54, 1.807) is 26.0 Å². The zero-order valence-corrected chi connectivity index (χ0v) is 28.2. The molecule has 0 saturated heterocycles. The first kappa shape index (κ1) is 32.8. The highest BCUT2D eigenvalue weighted by Crippen LogP contribution is 2.33. The molecule has 0 aliphatic carbocycles. The van der Waals surface area contributed by atoms with E-state index in [1.807, 2.05) is 44.3 Å². The number of amides is 1. The Morgan fingerprint density at radius 3 is 2.48 bits per heavy atom. The predicted octanol–water partition coefficient (Wildman–Crippen LogP) is 5.30. The highest BCUT2D eigenvalue weighted by Gasteiger charge is 2.24. The van der Waals surface area contributed by atoms with Crippen LogP contribution in [0, 0.1) is 27.7 Å². The molecule has 12 heteroatoms. The Hall–Kier alpha value is -4.55. The summed E-state index contributed by atoms with van der Waals surface area (Å²) in [6.07, 6.45) is 0.758. The third-order valence-electron chi connectivity index (χ3n) is 8.09. The van der Waals surface area contributed by atoms with Gasteiger partial charge in [-0.2, -0.15) is 0 Å². The van der Waals surface area contributed by atoms with Crippen molar-refractivity contribution < 1.29 is 17.7 Å². The average molecular weight is 644 g/mol. The number of hydrogen-bond acceptors (Lipinski definition) is 8. The number of aryl methyl sites for hydroxylation is 4. The zero-order valence-electron chi connectivity index (χ0n) is 27.4. The van der Waals surface area contributed by atoms with Crippen LogP contribution in [0.1, 0.15) is 53.3 Å². The van der Waals surface area contributed by atoms with Gasteiger partial charge in [-0.25, -0.2) is 23.1 Å². The summed E-state index contributed by atoms with van der Waals surface area (Å²) in [5.41, 5.74) is 8.37. The standard InChI is InChI=1S/C34H41N7O4S/c1-8-31-37-32-21(2)17-22(3)36-33(32)41(31)19-26-13-14-28(27(18-26)20-40(7)16-15-35-25(6)42)29-11-9-10-12-30(29)46(43,44)39-34-23(4)24(5)38-45-34/h9-14,17-18,39H,8,15-16,19-20H2,1-7H3,(H,35,42). The minimum atomic E-state index is -4.03. The van der Waals surface area contributed by atoms with Crippen molar-refractivity contribution in [2.24, 2.45) is 0 Å². The second-order valence-electron chi connectivity index (χ2n) is 11.8. The van der Waals surface area contributed by atoms with Crippen LogP contribution in [0.15, 0.2) is 57.9 Å². The molecule has 3 heterocycles. The summed E-state index contributed by atoms with van der Waals surface area (Å²) in [4.78, 5) is 23.4. The second-order valence-corrected chi connectivity index (χ2v) is 13.4. The molecule has 3 aromatic heterocycles. The van der Waals surface area contributed by atoms with E-state index < -0.39 is 10.0 Å². The molecule has 0 atom stereocenters. The Bertz CT molecular complexity index is 2010. The van der Waals surface area contributed by atoms with Gasteiger partial charge in [0, 0.05) is 49.8 Å². The molecule has 0 aliphatic heterocycles. The van der Waals surface area contributed by atoms with Gasteiger partial charge in [0.2, 0.25) is 11.8 Å². The monoisotopic (exact) mass is 643 g/mol. The summed E-state index contributed by atoms with van der Waals surface area (Å²) in [5.74, 6) is 0.965. The largest absolute Gasteiger partial charge is 0.355 e. The minimum Gasteiger partial charge on any atom is -0.355 e. The molecule has 0 saturated carbocycles. The fourth-order valence-corrected chi connectivity index (χ4v) is 6.88. The number of aromatic nitrogens is 4. The first-order valence-electron chi connectivity index (χ1n) is 15.3. The summed E-state index contributed by atoms with van der Waals surface area (Å²) in [6.45, 7) is 13.3. The van der Waals surface area contributed by atoms with Gasteiger partial charge < -0.3 is 19.3 Å². The number of hydrogen-bond donors (Lipinski definition) is 2. The predicted molar refractivity (Wildman–Crippen MR) is 179 cm³/mol. The number of sulfonamides is 1. The van der Waals surface area contributed by atoms with Gasteiger partial charge in [0.25, 0.3) is 10.0 Å². The van der Waals surface area contributed by atoms with Gasteiger partial charge >= 0.3 is 0 Å². The van der Waals surface area contributed by atoms with Gasteiger partial charge in [-0.3, -0.25) is 4.79 Å². The van der Waals surface area contributed by atoms with Crippen molar-refractivity contribution in [3.8, 4) is 11.1 Å². The molecule has 242 valence electrons. The fraction of sp³-hybridized carbons (Fsp3) is 0.353. The Morgan fingerprint density at radius 1 is 1.02 bits per heavy atom. The molecule has 0 spiro atoms. The first-order chi connectivity index (χ1) is 21.9. The van der Waals surface area contributed by atoms with Gasteiger partial charge in [0.1, 0.15) is 11.3 Å². The van der Waals surface area contributed by atoms with Crippen molar-refractivity contribution in [2.45, 2.75) is 65.9 Å². The van der Waals surface area contributed by atoms with Crippen LogP contribution in [-0.4, -0.2) is 59.1 Å². The number of pyridine rings is 1. The maximum absolute atomic E-state index is 13.8. The average Bonchev–Trinajstić information content (AvgIpc) is 3.51. The molecule has 0 radical (unpaired) electrons. The molecule has 5 aromatic rings. The number of rotatable bonds is 12. The number of nitrogens with one attached hydrogen (secondary N) is 2. The second kappa shape index (κ2) is 13.4. The summed E-state index contributed by atoms with van der Waals surface area (Å²) in [6, 6.07) is 15.1. The number of anilines is 1. The summed E-state index contributed by atoms with van der Waals surface area (Å²) in [7, 11) is -2.05. The molecule has 0 aliphatic rings. The number of fused-ring (bicyclic) bond motifs is 1. The highest BCUT2D eigenvalue weighted by atomic mass is 32.2. The van der Waals surface area contributed by atoms with Crippen LogP contribution in [0.5, 0.6) is 0 Å². The summed E-state index contributed by atoms with van der Waals surface area (Å²) >= 11 is 0. The minimum absolute atomic E-state index is 0.0849. The van der Waals surface area contributed by atoms with Crippen LogP contribution in [-0.2, 0) is 34.3 Å². The van der Waals surface area contributed by atoms with Crippen LogP contribution in [0.3, 0.4) is 0 Å². The van der Waals surface area contributed by atoms with Gasteiger partial charge in [-0.15, -0.1) is 0 Å². The number of carbonyl (C=O) groups excluding carboxylic acids is 1. The van der Waals surface area contributed by atoms with E-state index in [0.717, 1.165) is 51.4 Å². The molecule has 2 aromatic carbocycles. The summed E-state index contributed by atoms with van der Waals surface area (Å²) in [5, 5.41) is 6.74. The molecule has 46 heavy (non-hydrogen) atoms. The molecule has 0 bridgehead atoms. The Kier molecular flexibility index (Phi) is 9.59. The lowest BCUT2D eigenvalue weighted by molar-refractivity contribution is -0.119. The van der Waals surface area contributed by atoms with Crippen LogP contribution in [0.25, 0.3) is 22.3 Å². The number of benzene rings is 2. The van der Waals surface area contributed by atoms with Crippen LogP contribution < -0.4 is 10.0 Å². The van der Waals surface area contributed by atoms with Crippen molar-refractivity contribution in [1.82, 2.24) is 29.9 Å². The van der Waals surface area contributed by atoms with Crippen LogP contribution >= 0.6 is 0 Å². The lowest BCUT2D eigenvalue weighted by Crippen LogP contribution is -2.31. The Balaban J connectivity index is 1.58. The number of likely N-dealkylation sites (N-methyl/N-ethyl adjacent to an activating group) is 1. The van der Waals surface area contributed by atoms with Crippen molar-refractivity contribution in [3.63, 3.8) is 0 Å². The van der Waals surface area contributed by atoms with E-state index in [1.165, 1.54) is 6.92 Å². The lowest BCUT2D eigenvalue weighted by Gasteiger charge is -2.21. The molecule has 5 rings (SSSR count). The van der Waals surface area contributed by atoms with E-state index in [-0.39, 0.29) is 16.7 Å². The van der Waals surface area contributed by atoms with Crippen molar-refractivity contribution in [2.75, 3.05) is 24.9 Å². The van der Waals surface area contributed by atoms with E-state index >= 15 is 0 Å². The van der Waals surface area contributed by atoms with Gasteiger partial charge in [-0.05, 0) is 69.1 Å². The van der Waals surface area contributed by atoms with E-state index in [0.29, 0.717) is 43.0 Å². The molecule has 0 fully saturated rings. The lowest BCUT2D eigenvalue weighted by atomic mass is 9.96. The third kappa shape index (κ3) is 6.97. The first-order valence-corrected chi connectivity index (χ1v) is 16.8. The maximum Gasteiger partial charge on any atom is 0.264 e. The highest BCUT2D eigenvalue weighted by molar-refractivity contribution is 7.92. The zero-order chi connectivity index (χ0) is 33.2. The molecular weight excluding hydrogens is 602 g/mol. The van der Waals surface area contributed by atoms with Crippen molar-refractivity contribution in [3.05, 3.63) is 88.0 Å². The van der Waals surface area contributed by atoms with Crippen LogP contribution in [0.4, 0.5) is 5.88 Å². The molecule has 2 N–H and O–H groups in total. The SMILES string of the molecule is CCc1nc2c(C)cc(C)nc2n1Cc1ccc(-c2ccccc2S(=O)(=O)Nc2onc(C)c2C)c(CN(C)CCNC(C)=O)c1. The third-order valence-corrected chi connectivity index (χ3v) is 9.48. The van der Waals surface area contributed by atoms with Gasteiger partial charge in [-0.1, -0.05) is 48.5 Å². The van der Waals surface area contributed by atoms with Gasteiger partial charge in [0.05, 0.1) is 17.1 Å². The molecule has 11 nitrogen and oxygen atoms in total. The van der Waals surface area contributed by atoms with E-state index in [9.17, 15) is 13.2 Å². The Labute approximate surface area is 270 Å². The quantitative estimate of drug-likeness (QED) is 0.187. The Morgan fingerprint density at radius 2 is 1.78 bits per heavy atom.